The zero-order valence-electron chi connectivity index (χ0n) is 9.54. The summed E-state index contributed by atoms with van der Waals surface area (Å²) in [7, 11) is 0. The molecule has 1 fully saturated rings. The Morgan fingerprint density at radius 1 is 1.19 bits per heavy atom. The molecule has 0 saturated heterocycles. The first-order chi connectivity index (χ1) is 7.81. The molecule has 0 radical (unpaired) electrons. The molecule has 3 nitrogen and oxygen atoms in total. The van der Waals surface area contributed by atoms with Crippen LogP contribution < -0.4 is 11.1 Å². The van der Waals surface area contributed by atoms with Crippen molar-refractivity contribution in [2.75, 3.05) is 5.73 Å². The fourth-order valence-electron chi connectivity index (χ4n) is 2.96. The summed E-state index contributed by atoms with van der Waals surface area (Å²) in [6.07, 6.45) is 9.02. The van der Waals surface area contributed by atoms with Crippen LogP contribution in [0.25, 0.3) is 0 Å². The Balaban J connectivity index is 1.63. The second-order valence-electron chi connectivity index (χ2n) is 5.01. The normalized spacial score (nSPS) is 25.9. The van der Waals surface area contributed by atoms with Gasteiger partial charge in [-0.1, -0.05) is 12.8 Å². The quantitative estimate of drug-likeness (QED) is 0.828. The fraction of sp³-hybridized carbons (Fsp3) is 0.750. The monoisotopic (exact) mass is 237 g/mol. The van der Waals surface area contributed by atoms with E-state index < -0.39 is 0 Å². The largest absolute Gasteiger partial charge is 0.375 e. The summed E-state index contributed by atoms with van der Waals surface area (Å²) in [4.78, 5) is 5.80. The van der Waals surface area contributed by atoms with Crippen molar-refractivity contribution in [3.63, 3.8) is 0 Å². The van der Waals surface area contributed by atoms with Crippen molar-refractivity contribution in [3.05, 3.63) is 10.6 Å². The van der Waals surface area contributed by atoms with Crippen molar-refractivity contribution in [1.82, 2.24) is 10.3 Å². The molecule has 1 unspecified atom stereocenters. The number of aromatic nitrogens is 1. The molecule has 1 aromatic heterocycles. The van der Waals surface area contributed by atoms with Gasteiger partial charge in [0.1, 0.15) is 0 Å². The number of nitrogens with zero attached hydrogens (tertiary/aromatic N) is 1. The Morgan fingerprint density at radius 2 is 2.00 bits per heavy atom. The van der Waals surface area contributed by atoms with Crippen LogP contribution in [0.3, 0.4) is 0 Å². The van der Waals surface area contributed by atoms with Crippen molar-refractivity contribution in [3.8, 4) is 0 Å². The van der Waals surface area contributed by atoms with Crippen LogP contribution in [0.5, 0.6) is 0 Å². The summed E-state index contributed by atoms with van der Waals surface area (Å²) < 4.78 is 0. The lowest BCUT2D eigenvalue weighted by atomic mass is 9.97. The molecule has 4 heteroatoms. The number of fused-ring (bicyclic) bond motifs is 1. The van der Waals surface area contributed by atoms with E-state index in [1.807, 2.05) is 0 Å². The van der Waals surface area contributed by atoms with Crippen LogP contribution in [0.15, 0.2) is 0 Å². The Labute approximate surface area is 100 Å². The molecule has 1 heterocycles. The van der Waals surface area contributed by atoms with E-state index in [1.54, 1.807) is 11.3 Å². The van der Waals surface area contributed by atoms with Crippen LogP contribution in [0.2, 0.25) is 0 Å². The van der Waals surface area contributed by atoms with E-state index in [0.717, 1.165) is 24.0 Å². The smallest absolute Gasteiger partial charge is 0.180 e. The van der Waals surface area contributed by atoms with Gasteiger partial charge in [-0.15, -0.1) is 11.3 Å². The van der Waals surface area contributed by atoms with Crippen LogP contribution >= 0.6 is 11.3 Å². The van der Waals surface area contributed by atoms with Crippen molar-refractivity contribution in [2.45, 2.75) is 57.0 Å². The molecule has 3 rings (SSSR count). The number of anilines is 1. The molecule has 3 N–H and O–H groups in total. The van der Waals surface area contributed by atoms with Gasteiger partial charge in [-0.2, -0.15) is 0 Å². The van der Waals surface area contributed by atoms with E-state index in [4.69, 9.17) is 5.73 Å². The lowest BCUT2D eigenvalue weighted by Gasteiger charge is -2.25. The molecular formula is C12H19N3S. The van der Waals surface area contributed by atoms with Crippen molar-refractivity contribution in [1.29, 1.82) is 0 Å². The van der Waals surface area contributed by atoms with Crippen LogP contribution in [0.1, 0.15) is 42.7 Å². The molecule has 0 amide bonds. The van der Waals surface area contributed by atoms with E-state index >= 15 is 0 Å². The number of thiazole rings is 1. The van der Waals surface area contributed by atoms with Gasteiger partial charge in [0.05, 0.1) is 5.69 Å². The van der Waals surface area contributed by atoms with Crippen LogP contribution in [0, 0.1) is 0 Å². The summed E-state index contributed by atoms with van der Waals surface area (Å²) >= 11 is 1.68. The Bertz CT molecular complexity index is 368. The zero-order valence-corrected chi connectivity index (χ0v) is 10.4. The molecule has 88 valence electrons. The molecule has 0 aromatic carbocycles. The van der Waals surface area contributed by atoms with E-state index in [1.165, 1.54) is 42.7 Å². The minimum atomic E-state index is 0.662. The number of aryl methyl sites for hydroxylation is 1. The van der Waals surface area contributed by atoms with Gasteiger partial charge in [-0.05, 0) is 32.1 Å². The molecule has 2 aliphatic carbocycles. The summed E-state index contributed by atoms with van der Waals surface area (Å²) in [6, 6.07) is 1.44. The van der Waals surface area contributed by atoms with E-state index in [9.17, 15) is 0 Å². The third-order valence-electron chi connectivity index (χ3n) is 3.78. The van der Waals surface area contributed by atoms with Crippen molar-refractivity contribution < 1.29 is 0 Å². The number of nitrogens with one attached hydrogen (secondary N) is 1. The SMILES string of the molecule is Nc1nc2c(s1)CC(NC1CCCC1)CC2. The van der Waals surface area contributed by atoms with Crippen LogP contribution in [0.4, 0.5) is 5.13 Å². The van der Waals surface area contributed by atoms with Gasteiger partial charge in [-0.3, -0.25) is 0 Å². The summed E-state index contributed by atoms with van der Waals surface area (Å²) in [5.41, 5.74) is 7.01. The first kappa shape index (κ1) is 10.5. The highest BCUT2D eigenvalue weighted by atomic mass is 32.1. The number of hydrogen-bond donors (Lipinski definition) is 2. The van der Waals surface area contributed by atoms with Gasteiger partial charge in [0.25, 0.3) is 0 Å². The zero-order chi connectivity index (χ0) is 11.0. The molecule has 2 aliphatic rings. The predicted octanol–water partition coefficient (Wildman–Crippen LogP) is 2.11. The van der Waals surface area contributed by atoms with E-state index in [2.05, 4.69) is 10.3 Å². The maximum Gasteiger partial charge on any atom is 0.180 e. The summed E-state index contributed by atoms with van der Waals surface area (Å²) in [5.74, 6) is 0. The van der Waals surface area contributed by atoms with E-state index in [0.29, 0.717) is 6.04 Å². The number of hydrogen-bond acceptors (Lipinski definition) is 4. The molecule has 0 spiro atoms. The Kier molecular flexibility index (Phi) is 2.86. The lowest BCUT2D eigenvalue weighted by Crippen LogP contribution is -2.40. The van der Waals surface area contributed by atoms with Crippen LogP contribution in [-0.4, -0.2) is 17.1 Å². The summed E-state index contributed by atoms with van der Waals surface area (Å²) in [6.45, 7) is 0. The fourth-order valence-corrected chi connectivity index (χ4v) is 3.92. The standard InChI is InChI=1S/C12H19N3S/c13-12-15-10-6-5-9(7-11(10)16-12)14-8-3-1-2-4-8/h8-9,14H,1-7H2,(H2,13,15). The van der Waals surface area contributed by atoms with Crippen LogP contribution in [-0.2, 0) is 12.8 Å². The predicted molar refractivity (Wildman–Crippen MR) is 67.7 cm³/mol. The maximum absolute atomic E-state index is 5.75. The van der Waals surface area contributed by atoms with Crippen molar-refractivity contribution >= 4 is 16.5 Å². The Morgan fingerprint density at radius 3 is 2.81 bits per heavy atom. The van der Waals surface area contributed by atoms with Crippen molar-refractivity contribution in [2.24, 2.45) is 0 Å². The van der Waals surface area contributed by atoms with Gasteiger partial charge in [0, 0.05) is 17.0 Å². The third-order valence-corrected chi connectivity index (χ3v) is 4.73. The molecule has 1 aromatic rings. The highest BCUT2D eigenvalue weighted by Crippen LogP contribution is 2.29. The molecule has 0 bridgehead atoms. The highest BCUT2D eigenvalue weighted by Gasteiger charge is 2.25. The second kappa shape index (κ2) is 4.34. The highest BCUT2D eigenvalue weighted by molar-refractivity contribution is 7.15. The molecule has 1 atom stereocenters. The van der Waals surface area contributed by atoms with Gasteiger partial charge in [-0.25, -0.2) is 4.98 Å². The molecule has 0 aliphatic heterocycles. The third kappa shape index (κ3) is 2.09. The van der Waals surface area contributed by atoms with Gasteiger partial charge in [0.15, 0.2) is 5.13 Å². The number of rotatable bonds is 2. The summed E-state index contributed by atoms with van der Waals surface area (Å²) in [5, 5.41) is 4.55. The topological polar surface area (TPSA) is 50.9 Å². The van der Waals surface area contributed by atoms with Gasteiger partial charge < -0.3 is 11.1 Å². The molecule has 16 heavy (non-hydrogen) atoms. The minimum Gasteiger partial charge on any atom is -0.375 e. The van der Waals surface area contributed by atoms with Gasteiger partial charge >= 0.3 is 0 Å². The Hall–Kier alpha value is -0.610. The maximum atomic E-state index is 5.75. The molecule has 1 saturated carbocycles. The van der Waals surface area contributed by atoms with Gasteiger partial charge in [0.2, 0.25) is 0 Å². The first-order valence-electron chi connectivity index (χ1n) is 6.31. The number of nitrogens with two attached hydrogens (primary N) is 1. The average Bonchev–Trinajstić information content (AvgIpc) is 2.85. The number of nitrogen functional groups attached to an aromatic ring is 1. The first-order valence-corrected chi connectivity index (χ1v) is 7.13. The molecular weight excluding hydrogens is 218 g/mol. The average molecular weight is 237 g/mol. The lowest BCUT2D eigenvalue weighted by molar-refractivity contribution is 0.396. The van der Waals surface area contributed by atoms with E-state index in [-0.39, 0.29) is 0 Å². The second-order valence-corrected chi connectivity index (χ2v) is 6.12. The minimum absolute atomic E-state index is 0.662.